The van der Waals surface area contributed by atoms with Gasteiger partial charge in [-0.3, -0.25) is 9.69 Å². The minimum atomic E-state index is -1.05. The van der Waals surface area contributed by atoms with E-state index in [9.17, 15) is 9.59 Å². The average molecular weight is 297 g/mol. The standard InChI is InChI=1S/C14H17ClN2O3/c1-10-5-6-16(8-10)14(20)17(9-13(18)19)12-4-2-3-11(15)7-12/h2-4,7,10H,5-6,8-9H2,1H3,(H,18,19). The third-order valence-electron chi connectivity index (χ3n) is 3.34. The van der Waals surface area contributed by atoms with Gasteiger partial charge in [0.15, 0.2) is 0 Å². The highest BCUT2D eigenvalue weighted by Gasteiger charge is 2.29. The van der Waals surface area contributed by atoms with Gasteiger partial charge in [0.1, 0.15) is 6.54 Å². The van der Waals surface area contributed by atoms with E-state index in [1.54, 1.807) is 29.2 Å². The van der Waals surface area contributed by atoms with Crippen molar-refractivity contribution < 1.29 is 14.7 Å². The molecule has 0 aromatic heterocycles. The van der Waals surface area contributed by atoms with Gasteiger partial charge in [0, 0.05) is 23.8 Å². The Morgan fingerprint density at radius 1 is 1.50 bits per heavy atom. The Morgan fingerprint density at radius 2 is 2.25 bits per heavy atom. The van der Waals surface area contributed by atoms with Gasteiger partial charge in [0.05, 0.1) is 0 Å². The number of amides is 2. The van der Waals surface area contributed by atoms with Crippen molar-refractivity contribution in [3.8, 4) is 0 Å². The van der Waals surface area contributed by atoms with Crippen LogP contribution >= 0.6 is 11.6 Å². The summed E-state index contributed by atoms with van der Waals surface area (Å²) in [6.07, 6.45) is 0.947. The molecule has 2 amide bonds. The highest BCUT2D eigenvalue weighted by Crippen LogP contribution is 2.23. The van der Waals surface area contributed by atoms with Gasteiger partial charge in [0.25, 0.3) is 0 Å². The van der Waals surface area contributed by atoms with E-state index in [-0.39, 0.29) is 12.6 Å². The number of likely N-dealkylation sites (tertiary alicyclic amines) is 1. The molecule has 2 rings (SSSR count). The molecule has 0 bridgehead atoms. The van der Waals surface area contributed by atoms with Crippen molar-refractivity contribution in [2.24, 2.45) is 5.92 Å². The molecule has 5 nitrogen and oxygen atoms in total. The molecule has 1 N–H and O–H groups in total. The van der Waals surface area contributed by atoms with E-state index in [2.05, 4.69) is 6.92 Å². The lowest BCUT2D eigenvalue weighted by atomic mass is 10.2. The summed E-state index contributed by atoms with van der Waals surface area (Å²) in [7, 11) is 0. The van der Waals surface area contributed by atoms with Crippen molar-refractivity contribution in [2.75, 3.05) is 24.5 Å². The predicted octanol–water partition coefficient (Wildman–Crippen LogP) is 2.69. The van der Waals surface area contributed by atoms with Gasteiger partial charge < -0.3 is 10.0 Å². The number of nitrogens with zero attached hydrogens (tertiary/aromatic N) is 2. The molecule has 20 heavy (non-hydrogen) atoms. The number of carbonyl (C=O) groups is 2. The predicted molar refractivity (Wildman–Crippen MR) is 77.2 cm³/mol. The highest BCUT2D eigenvalue weighted by molar-refractivity contribution is 6.30. The summed E-state index contributed by atoms with van der Waals surface area (Å²) in [5, 5.41) is 9.49. The fourth-order valence-electron chi connectivity index (χ4n) is 2.33. The average Bonchev–Trinajstić information content (AvgIpc) is 2.81. The lowest BCUT2D eigenvalue weighted by Crippen LogP contribution is -2.44. The third-order valence-corrected chi connectivity index (χ3v) is 3.57. The molecule has 0 aliphatic carbocycles. The fraction of sp³-hybridized carbons (Fsp3) is 0.429. The van der Waals surface area contributed by atoms with Crippen LogP contribution in [0.25, 0.3) is 0 Å². The van der Waals surface area contributed by atoms with Crippen molar-refractivity contribution in [3.05, 3.63) is 29.3 Å². The minimum absolute atomic E-state index is 0.279. The molecule has 1 saturated heterocycles. The smallest absolute Gasteiger partial charge is 0.325 e. The molecule has 1 atom stereocenters. The third kappa shape index (κ3) is 3.42. The van der Waals surface area contributed by atoms with Gasteiger partial charge in [-0.2, -0.15) is 0 Å². The van der Waals surface area contributed by atoms with Crippen LogP contribution in [0.2, 0.25) is 5.02 Å². The maximum absolute atomic E-state index is 12.5. The molecule has 0 radical (unpaired) electrons. The molecule has 1 aromatic rings. The Morgan fingerprint density at radius 3 is 2.80 bits per heavy atom. The van der Waals surface area contributed by atoms with E-state index in [1.807, 2.05) is 0 Å². The molecule has 0 spiro atoms. The molecule has 1 heterocycles. The van der Waals surface area contributed by atoms with Gasteiger partial charge in [-0.05, 0) is 30.5 Å². The zero-order chi connectivity index (χ0) is 14.7. The number of hydrogen-bond donors (Lipinski definition) is 1. The molecule has 1 fully saturated rings. The Hall–Kier alpha value is -1.75. The summed E-state index contributed by atoms with van der Waals surface area (Å²) in [5.74, 6) is -0.601. The molecule has 108 valence electrons. The molecule has 1 aromatic carbocycles. The van der Waals surface area contributed by atoms with Crippen molar-refractivity contribution in [3.63, 3.8) is 0 Å². The Balaban J connectivity index is 2.23. The summed E-state index contributed by atoms with van der Waals surface area (Å²) >= 11 is 5.91. The number of halogens is 1. The number of carboxylic acid groups (broad SMARTS) is 1. The maximum atomic E-state index is 12.5. The first-order valence-electron chi connectivity index (χ1n) is 6.51. The van der Waals surface area contributed by atoms with E-state index < -0.39 is 5.97 Å². The number of anilines is 1. The van der Waals surface area contributed by atoms with E-state index in [4.69, 9.17) is 16.7 Å². The van der Waals surface area contributed by atoms with Gasteiger partial charge >= 0.3 is 12.0 Å². The largest absolute Gasteiger partial charge is 0.480 e. The lowest BCUT2D eigenvalue weighted by molar-refractivity contribution is -0.135. The molecular weight excluding hydrogens is 280 g/mol. The minimum Gasteiger partial charge on any atom is -0.480 e. The Kier molecular flexibility index (Phi) is 4.49. The van der Waals surface area contributed by atoms with Crippen LogP contribution in [0.3, 0.4) is 0 Å². The van der Waals surface area contributed by atoms with Crippen molar-refractivity contribution in [1.29, 1.82) is 0 Å². The quantitative estimate of drug-likeness (QED) is 0.933. The number of carboxylic acids is 1. The van der Waals surface area contributed by atoms with Crippen molar-refractivity contribution in [1.82, 2.24) is 4.90 Å². The zero-order valence-electron chi connectivity index (χ0n) is 11.3. The Bertz CT molecular complexity index is 521. The van der Waals surface area contributed by atoms with Crippen LogP contribution in [0.15, 0.2) is 24.3 Å². The number of rotatable bonds is 3. The van der Waals surface area contributed by atoms with Crippen LogP contribution < -0.4 is 4.90 Å². The number of benzene rings is 1. The zero-order valence-corrected chi connectivity index (χ0v) is 12.0. The summed E-state index contributed by atoms with van der Waals surface area (Å²) < 4.78 is 0. The van der Waals surface area contributed by atoms with Crippen LogP contribution in [0.5, 0.6) is 0 Å². The van der Waals surface area contributed by atoms with Crippen LogP contribution in [-0.4, -0.2) is 41.6 Å². The summed E-state index contributed by atoms with van der Waals surface area (Å²) in [6.45, 7) is 3.03. The lowest BCUT2D eigenvalue weighted by Gasteiger charge is -2.27. The monoisotopic (exact) mass is 296 g/mol. The number of aliphatic carboxylic acids is 1. The topological polar surface area (TPSA) is 60.9 Å². The second-order valence-corrected chi connectivity index (χ2v) is 5.52. The normalized spacial score (nSPS) is 18.1. The van der Waals surface area contributed by atoms with E-state index >= 15 is 0 Å². The van der Waals surface area contributed by atoms with Crippen molar-refractivity contribution >= 4 is 29.3 Å². The first-order valence-corrected chi connectivity index (χ1v) is 6.89. The van der Waals surface area contributed by atoms with Crippen LogP contribution in [-0.2, 0) is 4.79 Å². The highest BCUT2D eigenvalue weighted by atomic mass is 35.5. The maximum Gasteiger partial charge on any atom is 0.325 e. The van der Waals surface area contributed by atoms with Crippen LogP contribution in [0.4, 0.5) is 10.5 Å². The first-order chi connectivity index (χ1) is 9.47. The fourth-order valence-corrected chi connectivity index (χ4v) is 2.51. The molecule has 1 aliphatic rings. The second-order valence-electron chi connectivity index (χ2n) is 5.08. The number of carbonyl (C=O) groups excluding carboxylic acids is 1. The van der Waals surface area contributed by atoms with Gasteiger partial charge in [-0.25, -0.2) is 4.79 Å². The van der Waals surface area contributed by atoms with Crippen LogP contribution in [0.1, 0.15) is 13.3 Å². The number of hydrogen-bond acceptors (Lipinski definition) is 2. The van der Waals surface area contributed by atoms with Gasteiger partial charge in [0.2, 0.25) is 0 Å². The summed E-state index contributed by atoms with van der Waals surface area (Å²) in [4.78, 5) is 26.4. The van der Waals surface area contributed by atoms with Crippen LogP contribution in [0, 0.1) is 5.92 Å². The molecular formula is C14H17ClN2O3. The Labute approximate surface area is 122 Å². The van der Waals surface area contributed by atoms with E-state index in [0.717, 1.165) is 6.42 Å². The van der Waals surface area contributed by atoms with E-state index in [0.29, 0.717) is 29.7 Å². The second kappa shape index (κ2) is 6.13. The first kappa shape index (κ1) is 14.7. The molecule has 1 aliphatic heterocycles. The van der Waals surface area contributed by atoms with Gasteiger partial charge in [-0.1, -0.05) is 24.6 Å². The van der Waals surface area contributed by atoms with Crippen molar-refractivity contribution in [2.45, 2.75) is 13.3 Å². The molecule has 6 heteroatoms. The number of urea groups is 1. The van der Waals surface area contributed by atoms with Gasteiger partial charge in [-0.15, -0.1) is 0 Å². The van der Waals surface area contributed by atoms with E-state index in [1.165, 1.54) is 4.90 Å². The summed E-state index contributed by atoms with van der Waals surface area (Å²) in [6, 6.07) is 6.39. The molecule has 0 saturated carbocycles. The summed E-state index contributed by atoms with van der Waals surface area (Å²) in [5.41, 5.74) is 0.504. The molecule has 1 unspecified atom stereocenters. The SMILES string of the molecule is CC1CCN(C(=O)N(CC(=O)O)c2cccc(Cl)c2)C1.